The largest absolute Gasteiger partial charge is 0.384 e. The van der Waals surface area contributed by atoms with Gasteiger partial charge in [-0.15, -0.1) is 23.5 Å². The summed E-state index contributed by atoms with van der Waals surface area (Å²) < 4.78 is 0.455. The van der Waals surface area contributed by atoms with Gasteiger partial charge in [-0.3, -0.25) is 9.78 Å². The maximum Gasteiger partial charge on any atom is 0.193 e. The van der Waals surface area contributed by atoms with Gasteiger partial charge < -0.3 is 5.32 Å². The molecule has 0 saturated carbocycles. The standard InChI is InChI=1S/C22H20N2OS2/c25-21(16-6-2-1-3-7-16)17-8-4-10-19(12-17)24-14-20-15-26-22(27-20)18-9-5-11-23-13-18/h1-13,20,22,24H,14-15H2. The summed E-state index contributed by atoms with van der Waals surface area (Å²) in [6.45, 7) is 0.886. The Bertz CT molecular complexity index is 902. The quantitative estimate of drug-likeness (QED) is 0.579. The van der Waals surface area contributed by atoms with Crippen molar-refractivity contribution in [3.63, 3.8) is 0 Å². The zero-order chi connectivity index (χ0) is 18.5. The fraction of sp³-hybridized carbons (Fsp3) is 0.182. The molecule has 0 spiro atoms. The van der Waals surface area contributed by atoms with Crippen LogP contribution in [-0.4, -0.2) is 28.3 Å². The summed E-state index contributed by atoms with van der Waals surface area (Å²) in [6.07, 6.45) is 3.77. The van der Waals surface area contributed by atoms with Gasteiger partial charge in [0, 0.05) is 46.8 Å². The number of ketones is 1. The summed E-state index contributed by atoms with van der Waals surface area (Å²) >= 11 is 3.96. The molecule has 27 heavy (non-hydrogen) atoms. The first kappa shape index (κ1) is 18.1. The van der Waals surface area contributed by atoms with E-state index in [1.807, 2.05) is 96.6 Å². The van der Waals surface area contributed by atoms with Gasteiger partial charge in [0.2, 0.25) is 0 Å². The molecule has 0 radical (unpaired) electrons. The molecule has 2 aromatic carbocycles. The summed E-state index contributed by atoms with van der Waals surface area (Å²) in [5.41, 5.74) is 3.71. The molecule has 1 aliphatic heterocycles. The third-order valence-electron chi connectivity index (χ3n) is 4.40. The Morgan fingerprint density at radius 2 is 1.89 bits per heavy atom. The van der Waals surface area contributed by atoms with Crippen LogP contribution in [0.3, 0.4) is 0 Å². The van der Waals surface area contributed by atoms with Crippen molar-refractivity contribution < 1.29 is 4.79 Å². The van der Waals surface area contributed by atoms with Gasteiger partial charge in [-0.1, -0.05) is 48.5 Å². The van der Waals surface area contributed by atoms with Crippen LogP contribution < -0.4 is 5.32 Å². The molecule has 4 rings (SSSR count). The first-order valence-corrected chi connectivity index (χ1v) is 10.9. The molecule has 1 fully saturated rings. The van der Waals surface area contributed by atoms with Crippen LogP contribution >= 0.6 is 23.5 Å². The SMILES string of the molecule is O=C(c1ccccc1)c1cccc(NCC2CSC(c3cccnc3)S2)c1. The Morgan fingerprint density at radius 1 is 1.04 bits per heavy atom. The van der Waals surface area contributed by atoms with E-state index in [-0.39, 0.29) is 5.78 Å². The van der Waals surface area contributed by atoms with Gasteiger partial charge in [-0.2, -0.15) is 0 Å². The van der Waals surface area contributed by atoms with Crippen molar-refractivity contribution in [3.05, 3.63) is 95.8 Å². The highest BCUT2D eigenvalue weighted by Crippen LogP contribution is 2.48. The number of hydrogen-bond donors (Lipinski definition) is 1. The third kappa shape index (κ3) is 4.54. The number of hydrogen-bond acceptors (Lipinski definition) is 5. The molecule has 1 aromatic heterocycles. The molecule has 2 atom stereocenters. The molecule has 2 unspecified atom stereocenters. The monoisotopic (exact) mass is 392 g/mol. The maximum absolute atomic E-state index is 12.6. The van der Waals surface area contributed by atoms with Crippen LogP contribution in [0.5, 0.6) is 0 Å². The Kier molecular flexibility index (Phi) is 5.80. The molecule has 3 nitrogen and oxygen atoms in total. The minimum Gasteiger partial charge on any atom is -0.384 e. The number of carbonyl (C=O) groups is 1. The van der Waals surface area contributed by atoms with Crippen molar-refractivity contribution in [2.45, 2.75) is 9.83 Å². The van der Waals surface area contributed by atoms with Gasteiger partial charge in [0.05, 0.1) is 4.58 Å². The average Bonchev–Trinajstić information content (AvgIpc) is 3.22. The van der Waals surface area contributed by atoms with Gasteiger partial charge in [-0.25, -0.2) is 0 Å². The Labute approximate surface area is 168 Å². The number of anilines is 1. The number of pyridine rings is 1. The maximum atomic E-state index is 12.6. The van der Waals surface area contributed by atoms with E-state index in [1.165, 1.54) is 5.56 Å². The Balaban J connectivity index is 1.36. The van der Waals surface area contributed by atoms with Crippen LogP contribution in [0.25, 0.3) is 0 Å². The number of nitrogens with zero attached hydrogens (tertiary/aromatic N) is 1. The van der Waals surface area contributed by atoms with E-state index in [0.717, 1.165) is 23.5 Å². The summed E-state index contributed by atoms with van der Waals surface area (Å²) in [7, 11) is 0. The van der Waals surface area contributed by atoms with E-state index < -0.39 is 0 Å². The van der Waals surface area contributed by atoms with Crippen molar-refractivity contribution in [1.82, 2.24) is 4.98 Å². The fourth-order valence-corrected chi connectivity index (χ4v) is 6.24. The van der Waals surface area contributed by atoms with Crippen molar-refractivity contribution in [1.29, 1.82) is 0 Å². The number of benzene rings is 2. The second-order valence-electron chi connectivity index (χ2n) is 6.37. The Hall–Kier alpha value is -2.24. The molecular formula is C22H20N2OS2. The average molecular weight is 393 g/mol. The summed E-state index contributed by atoms with van der Waals surface area (Å²) in [4.78, 5) is 16.8. The van der Waals surface area contributed by atoms with Crippen LogP contribution in [0.1, 0.15) is 26.1 Å². The number of aromatic nitrogens is 1. The van der Waals surface area contributed by atoms with E-state index in [4.69, 9.17) is 0 Å². The van der Waals surface area contributed by atoms with Crippen LogP contribution in [0.2, 0.25) is 0 Å². The fourth-order valence-electron chi connectivity index (χ4n) is 3.00. The highest BCUT2D eigenvalue weighted by atomic mass is 32.2. The smallest absolute Gasteiger partial charge is 0.193 e. The zero-order valence-corrected chi connectivity index (χ0v) is 16.4. The number of nitrogens with one attached hydrogen (secondary N) is 1. The predicted molar refractivity (Wildman–Crippen MR) is 116 cm³/mol. The first-order valence-electron chi connectivity index (χ1n) is 8.90. The third-order valence-corrected chi connectivity index (χ3v) is 7.76. The van der Waals surface area contributed by atoms with Crippen molar-refractivity contribution in [3.8, 4) is 0 Å². The van der Waals surface area contributed by atoms with E-state index in [2.05, 4.69) is 16.4 Å². The van der Waals surface area contributed by atoms with E-state index in [1.54, 1.807) is 0 Å². The van der Waals surface area contributed by atoms with Crippen LogP contribution in [-0.2, 0) is 0 Å². The molecule has 1 saturated heterocycles. The lowest BCUT2D eigenvalue weighted by atomic mass is 10.0. The van der Waals surface area contributed by atoms with Crippen LogP contribution in [0.15, 0.2) is 79.1 Å². The minimum absolute atomic E-state index is 0.0571. The summed E-state index contributed by atoms with van der Waals surface area (Å²) in [5, 5.41) is 4.04. The minimum atomic E-state index is 0.0571. The molecule has 1 N–H and O–H groups in total. The number of rotatable bonds is 6. The zero-order valence-electron chi connectivity index (χ0n) is 14.7. The highest BCUT2D eigenvalue weighted by Gasteiger charge is 2.27. The van der Waals surface area contributed by atoms with Crippen molar-refractivity contribution in [2.24, 2.45) is 0 Å². The predicted octanol–water partition coefficient (Wildman–Crippen LogP) is 5.27. The van der Waals surface area contributed by atoms with Gasteiger partial charge in [0.15, 0.2) is 5.78 Å². The lowest BCUT2D eigenvalue weighted by Crippen LogP contribution is -2.16. The molecule has 0 aliphatic carbocycles. The van der Waals surface area contributed by atoms with Crippen molar-refractivity contribution >= 4 is 35.0 Å². The molecule has 5 heteroatoms. The number of thioether (sulfide) groups is 2. The van der Waals surface area contributed by atoms with Gasteiger partial charge in [0.1, 0.15) is 0 Å². The van der Waals surface area contributed by atoms with Crippen LogP contribution in [0, 0.1) is 0 Å². The normalized spacial score (nSPS) is 19.0. The molecule has 136 valence electrons. The summed E-state index contributed by atoms with van der Waals surface area (Å²) in [6, 6.07) is 21.3. The Morgan fingerprint density at radius 3 is 2.70 bits per heavy atom. The second kappa shape index (κ2) is 8.63. The second-order valence-corrected chi connectivity index (χ2v) is 9.21. The topological polar surface area (TPSA) is 42.0 Å². The molecule has 0 bridgehead atoms. The van der Waals surface area contributed by atoms with E-state index in [0.29, 0.717) is 15.4 Å². The highest BCUT2D eigenvalue weighted by molar-refractivity contribution is 8.19. The van der Waals surface area contributed by atoms with Crippen LogP contribution in [0.4, 0.5) is 5.69 Å². The molecule has 1 aliphatic rings. The van der Waals surface area contributed by atoms with Gasteiger partial charge in [0.25, 0.3) is 0 Å². The summed E-state index contributed by atoms with van der Waals surface area (Å²) in [5.74, 6) is 1.17. The van der Waals surface area contributed by atoms with Crippen molar-refractivity contribution in [2.75, 3.05) is 17.6 Å². The number of carbonyl (C=O) groups excluding carboxylic acids is 1. The molecular weight excluding hydrogens is 372 g/mol. The lowest BCUT2D eigenvalue weighted by Gasteiger charge is -2.13. The van der Waals surface area contributed by atoms with Gasteiger partial charge >= 0.3 is 0 Å². The van der Waals surface area contributed by atoms with Gasteiger partial charge in [-0.05, 0) is 23.8 Å². The van der Waals surface area contributed by atoms with E-state index >= 15 is 0 Å². The molecule has 0 amide bonds. The lowest BCUT2D eigenvalue weighted by molar-refractivity contribution is 0.103. The first-order chi connectivity index (χ1) is 13.3. The van der Waals surface area contributed by atoms with E-state index in [9.17, 15) is 4.79 Å². The molecule has 3 aromatic rings. The molecule has 2 heterocycles.